The predicted octanol–water partition coefficient (Wildman–Crippen LogP) is 0.734. The third-order valence-corrected chi connectivity index (χ3v) is 2.45. The zero-order valence-electron chi connectivity index (χ0n) is 9.78. The largest absolute Gasteiger partial charge is 0.483 e. The molecule has 5 nitrogen and oxygen atoms in total. The first-order chi connectivity index (χ1) is 7.51. The monoisotopic (exact) mass is 227 g/mol. The maximum Gasteiger partial charge on any atom is 0.315 e. The zero-order valence-corrected chi connectivity index (χ0v) is 9.78. The minimum absolute atomic E-state index is 0.0419. The second-order valence-electron chi connectivity index (χ2n) is 3.79. The van der Waals surface area contributed by atoms with Gasteiger partial charge in [0.25, 0.3) is 0 Å². The van der Waals surface area contributed by atoms with Crippen molar-refractivity contribution < 1.29 is 19.1 Å². The summed E-state index contributed by atoms with van der Waals surface area (Å²) in [6.07, 6.45) is -0.0404. The van der Waals surface area contributed by atoms with Gasteiger partial charge in [-0.3, -0.25) is 9.59 Å². The van der Waals surface area contributed by atoms with Crippen LogP contribution in [0.3, 0.4) is 0 Å². The number of allylic oxidation sites excluding steroid dienone is 1. The molecule has 0 fully saturated rings. The van der Waals surface area contributed by atoms with Crippen LogP contribution < -0.4 is 5.73 Å². The minimum Gasteiger partial charge on any atom is -0.483 e. The second kappa shape index (κ2) is 5.12. The molecule has 0 amide bonds. The Bertz CT molecular complexity index is 335. The van der Waals surface area contributed by atoms with Crippen molar-refractivity contribution in [2.75, 3.05) is 6.54 Å². The highest BCUT2D eigenvalue weighted by atomic mass is 16.6. The van der Waals surface area contributed by atoms with E-state index in [0.29, 0.717) is 12.2 Å². The Morgan fingerprint density at radius 1 is 1.62 bits per heavy atom. The first-order valence-corrected chi connectivity index (χ1v) is 5.37. The van der Waals surface area contributed by atoms with E-state index in [1.54, 1.807) is 13.8 Å². The van der Waals surface area contributed by atoms with Crippen LogP contribution >= 0.6 is 0 Å². The lowest BCUT2D eigenvalue weighted by molar-refractivity contribution is -0.145. The first-order valence-electron chi connectivity index (χ1n) is 5.37. The van der Waals surface area contributed by atoms with Crippen molar-refractivity contribution in [3.8, 4) is 0 Å². The topological polar surface area (TPSA) is 78.6 Å². The number of rotatable bonds is 4. The fraction of sp³-hybridized carbons (Fsp3) is 0.636. The lowest BCUT2D eigenvalue weighted by Gasteiger charge is -2.08. The third kappa shape index (κ3) is 2.41. The molecule has 0 radical (unpaired) electrons. The van der Waals surface area contributed by atoms with Gasteiger partial charge in [-0.2, -0.15) is 0 Å². The number of Topliss-reactive ketones (excluding diaryl/α,β-unsaturated/α-hetero) is 1. The molecule has 0 aromatic heterocycles. The van der Waals surface area contributed by atoms with Gasteiger partial charge in [0.15, 0.2) is 6.10 Å². The van der Waals surface area contributed by atoms with E-state index >= 15 is 0 Å². The smallest absolute Gasteiger partial charge is 0.315 e. The molecule has 2 unspecified atom stereocenters. The van der Waals surface area contributed by atoms with E-state index in [4.69, 9.17) is 15.2 Å². The molecule has 0 aromatic carbocycles. The van der Waals surface area contributed by atoms with Gasteiger partial charge in [0, 0.05) is 13.0 Å². The minimum atomic E-state index is -0.564. The quantitative estimate of drug-likeness (QED) is 0.716. The number of hydrogen-bond acceptors (Lipinski definition) is 5. The Morgan fingerprint density at radius 2 is 2.25 bits per heavy atom. The average molecular weight is 227 g/mol. The van der Waals surface area contributed by atoms with Gasteiger partial charge >= 0.3 is 5.97 Å². The van der Waals surface area contributed by atoms with Crippen molar-refractivity contribution >= 4 is 11.8 Å². The van der Waals surface area contributed by atoms with Crippen LogP contribution in [0, 0.1) is 5.92 Å². The van der Waals surface area contributed by atoms with Crippen LogP contribution in [0.5, 0.6) is 0 Å². The van der Waals surface area contributed by atoms with Gasteiger partial charge in [-0.15, -0.1) is 0 Å². The number of ketones is 1. The summed E-state index contributed by atoms with van der Waals surface area (Å²) in [5.41, 5.74) is 5.34. The Hall–Kier alpha value is -1.36. The van der Waals surface area contributed by atoms with Crippen molar-refractivity contribution in [3.05, 3.63) is 11.5 Å². The standard InChI is InChI=1S/C11H17NO4/c1-4-8-10(9(13)7(3)15-8)16-11(14)6(2)5-12/h6-7H,4-5,12H2,1-3H3. The van der Waals surface area contributed by atoms with Crippen molar-refractivity contribution in [2.45, 2.75) is 33.3 Å². The van der Waals surface area contributed by atoms with Crippen LogP contribution in [-0.2, 0) is 19.1 Å². The van der Waals surface area contributed by atoms with E-state index in [2.05, 4.69) is 0 Å². The first kappa shape index (κ1) is 12.7. The van der Waals surface area contributed by atoms with E-state index in [1.807, 2.05) is 6.92 Å². The zero-order chi connectivity index (χ0) is 12.3. The van der Waals surface area contributed by atoms with Gasteiger partial charge in [0.2, 0.25) is 11.5 Å². The van der Waals surface area contributed by atoms with E-state index in [9.17, 15) is 9.59 Å². The lowest BCUT2D eigenvalue weighted by atomic mass is 10.2. The molecule has 0 spiro atoms. The van der Waals surface area contributed by atoms with E-state index < -0.39 is 18.0 Å². The summed E-state index contributed by atoms with van der Waals surface area (Å²) in [5.74, 6) is -0.714. The highest BCUT2D eigenvalue weighted by molar-refractivity contribution is 6.01. The molecule has 1 aliphatic rings. The number of carbonyl (C=O) groups excluding carboxylic acids is 2. The molecule has 2 N–H and O–H groups in total. The van der Waals surface area contributed by atoms with Crippen LogP contribution in [0.15, 0.2) is 11.5 Å². The van der Waals surface area contributed by atoms with Gasteiger partial charge < -0.3 is 15.2 Å². The van der Waals surface area contributed by atoms with Crippen LogP contribution in [0.2, 0.25) is 0 Å². The fourth-order valence-electron chi connectivity index (χ4n) is 1.29. The van der Waals surface area contributed by atoms with Crippen molar-refractivity contribution in [2.24, 2.45) is 11.7 Å². The third-order valence-electron chi connectivity index (χ3n) is 2.45. The van der Waals surface area contributed by atoms with Gasteiger partial charge in [0.1, 0.15) is 5.76 Å². The summed E-state index contributed by atoms with van der Waals surface area (Å²) < 4.78 is 10.3. The summed E-state index contributed by atoms with van der Waals surface area (Å²) in [5, 5.41) is 0. The van der Waals surface area contributed by atoms with Gasteiger partial charge in [0.05, 0.1) is 5.92 Å². The van der Waals surface area contributed by atoms with E-state index in [1.165, 1.54) is 0 Å². The average Bonchev–Trinajstić information content (AvgIpc) is 2.55. The maximum atomic E-state index is 11.6. The predicted molar refractivity (Wildman–Crippen MR) is 57.2 cm³/mol. The number of nitrogens with two attached hydrogens (primary N) is 1. The molecule has 1 aliphatic heterocycles. The molecule has 1 heterocycles. The Kier molecular flexibility index (Phi) is 4.06. The summed E-state index contributed by atoms with van der Waals surface area (Å²) in [7, 11) is 0. The molecule has 0 aromatic rings. The molecule has 0 saturated heterocycles. The van der Waals surface area contributed by atoms with Gasteiger partial charge in [-0.05, 0) is 6.92 Å². The maximum absolute atomic E-state index is 11.6. The molecule has 2 atom stereocenters. The molecular weight excluding hydrogens is 210 g/mol. The lowest BCUT2D eigenvalue weighted by Crippen LogP contribution is -2.25. The summed E-state index contributed by atoms with van der Waals surface area (Å²) in [6.45, 7) is 5.31. The number of esters is 1. The second-order valence-corrected chi connectivity index (χ2v) is 3.79. The number of carbonyl (C=O) groups is 2. The molecule has 0 bridgehead atoms. The Labute approximate surface area is 94.6 Å². The van der Waals surface area contributed by atoms with Gasteiger partial charge in [-0.25, -0.2) is 0 Å². The Morgan fingerprint density at radius 3 is 2.75 bits per heavy atom. The van der Waals surface area contributed by atoms with E-state index in [0.717, 1.165) is 0 Å². The van der Waals surface area contributed by atoms with Crippen LogP contribution in [0.4, 0.5) is 0 Å². The molecule has 90 valence electrons. The molecule has 16 heavy (non-hydrogen) atoms. The molecular formula is C11H17NO4. The fourth-order valence-corrected chi connectivity index (χ4v) is 1.29. The summed E-state index contributed by atoms with van der Waals surface area (Å²) in [4.78, 5) is 23.1. The highest BCUT2D eigenvalue weighted by Crippen LogP contribution is 2.25. The van der Waals surface area contributed by atoms with Crippen molar-refractivity contribution in [1.82, 2.24) is 0 Å². The van der Waals surface area contributed by atoms with Crippen molar-refractivity contribution in [3.63, 3.8) is 0 Å². The van der Waals surface area contributed by atoms with Crippen LogP contribution in [0.25, 0.3) is 0 Å². The number of hydrogen-bond donors (Lipinski definition) is 1. The molecule has 0 aliphatic carbocycles. The van der Waals surface area contributed by atoms with Crippen LogP contribution in [0.1, 0.15) is 27.2 Å². The summed E-state index contributed by atoms with van der Waals surface area (Å²) in [6, 6.07) is 0. The van der Waals surface area contributed by atoms with Gasteiger partial charge in [-0.1, -0.05) is 13.8 Å². The Balaban J connectivity index is 2.78. The molecule has 0 saturated carbocycles. The molecule has 5 heteroatoms. The summed E-state index contributed by atoms with van der Waals surface area (Å²) >= 11 is 0. The van der Waals surface area contributed by atoms with Crippen molar-refractivity contribution in [1.29, 1.82) is 0 Å². The number of ether oxygens (including phenoxy) is 2. The highest BCUT2D eigenvalue weighted by Gasteiger charge is 2.34. The SMILES string of the molecule is CCC1=C(OC(=O)C(C)CN)C(=O)C(C)O1. The van der Waals surface area contributed by atoms with Crippen LogP contribution in [-0.4, -0.2) is 24.4 Å². The molecule has 1 rings (SSSR count). The normalized spacial score (nSPS) is 22.0. The van der Waals surface area contributed by atoms with E-state index in [-0.39, 0.29) is 18.1 Å².